The Morgan fingerprint density at radius 2 is 1.81 bits per heavy atom. The Labute approximate surface area is 312 Å². The van der Waals surface area contributed by atoms with E-state index in [1.165, 1.54) is 13.2 Å². The summed E-state index contributed by atoms with van der Waals surface area (Å²) in [6.07, 6.45) is 8.16. The van der Waals surface area contributed by atoms with Gasteiger partial charge in [0.1, 0.15) is 41.3 Å². The Bertz CT molecular complexity index is 2160. The van der Waals surface area contributed by atoms with Gasteiger partial charge in [-0.1, -0.05) is 18.1 Å². The lowest BCUT2D eigenvalue weighted by Gasteiger charge is -2.42. The van der Waals surface area contributed by atoms with Crippen LogP contribution in [0.5, 0.6) is 11.8 Å². The molecule has 284 valence electrons. The third kappa shape index (κ3) is 6.43. The third-order valence-electron chi connectivity index (χ3n) is 11.2. The highest BCUT2D eigenvalue weighted by atomic mass is 19.1. The summed E-state index contributed by atoms with van der Waals surface area (Å²) >= 11 is 0. The second-order valence-corrected chi connectivity index (χ2v) is 15.9. The number of terminal acetylenes is 1. The SMILES string of the molecule is C#Cc1c(F)ccc2cc(OCOC)cc(-c3ccc4c(N5C[C@H]6CC[C@@H](C5)N6C(=O)OC(C)(C)C)nc(OC[C@@]56CCCN5C[C@H](F)C6)nc4c3F)c12. The highest BCUT2D eigenvalue weighted by molar-refractivity contribution is 6.04. The molecule has 8 rings (SSSR count). The molecular formula is C41H44F3N5O5. The number of hydrogen-bond donors (Lipinski definition) is 0. The van der Waals surface area contributed by atoms with Gasteiger partial charge in [-0.25, -0.2) is 18.0 Å². The van der Waals surface area contributed by atoms with Crippen LogP contribution in [0, 0.1) is 24.0 Å². The summed E-state index contributed by atoms with van der Waals surface area (Å²) in [5.41, 5.74) is -0.680. The number of fused-ring (bicyclic) bond motifs is 5. The van der Waals surface area contributed by atoms with Crippen molar-refractivity contribution in [3.63, 3.8) is 0 Å². The van der Waals surface area contributed by atoms with Crippen molar-refractivity contribution in [1.82, 2.24) is 19.8 Å². The summed E-state index contributed by atoms with van der Waals surface area (Å²) in [4.78, 5) is 28.9. The van der Waals surface area contributed by atoms with Crippen molar-refractivity contribution < 1.29 is 36.9 Å². The fourth-order valence-corrected chi connectivity index (χ4v) is 8.95. The highest BCUT2D eigenvalue weighted by Gasteiger charge is 2.50. The second kappa shape index (κ2) is 13.8. The average Bonchev–Trinajstić information content (AvgIpc) is 3.75. The molecule has 10 nitrogen and oxygen atoms in total. The van der Waals surface area contributed by atoms with Gasteiger partial charge in [-0.05, 0) is 88.2 Å². The molecule has 4 saturated heterocycles. The van der Waals surface area contributed by atoms with Gasteiger partial charge in [0.05, 0.1) is 23.2 Å². The minimum atomic E-state index is -0.949. The zero-order valence-electron chi connectivity index (χ0n) is 31.0. The molecule has 0 unspecified atom stereocenters. The van der Waals surface area contributed by atoms with E-state index in [-0.39, 0.29) is 54.2 Å². The number of methoxy groups -OCH3 is 1. The Kier molecular flexibility index (Phi) is 9.25. The maximum atomic E-state index is 17.3. The molecular weight excluding hydrogens is 699 g/mol. The second-order valence-electron chi connectivity index (χ2n) is 15.9. The van der Waals surface area contributed by atoms with Gasteiger partial charge in [0, 0.05) is 49.5 Å². The maximum Gasteiger partial charge on any atom is 0.410 e. The molecule has 1 aromatic heterocycles. The summed E-state index contributed by atoms with van der Waals surface area (Å²) in [5, 5.41) is 1.35. The smallest absolute Gasteiger partial charge is 0.410 e. The summed E-state index contributed by atoms with van der Waals surface area (Å²) < 4.78 is 70.1. The van der Waals surface area contributed by atoms with Gasteiger partial charge in [0.25, 0.3) is 0 Å². The molecule has 0 radical (unpaired) electrons. The lowest BCUT2D eigenvalue weighted by atomic mass is 9.93. The molecule has 4 aliphatic heterocycles. The standard InChI is InChI=1S/C41H44F3N5O5/c1-6-29-33(43)13-8-24-16-28(53-23-51-5)17-32(34(24)29)30-11-12-31-36(35(30)44)45-38(52-22-41-14-7-15-48(41)19-25(42)18-41)46-37(31)47-20-26-9-10-27(21-47)49(26)39(50)54-40(2,3)4/h1,8,11-13,16-17,25-27H,7,9-10,14-15,18-23H2,2-5H3/t25-,26-,27+,41+/m1/s1. The van der Waals surface area contributed by atoms with E-state index in [2.05, 4.69) is 20.7 Å². The Morgan fingerprint density at radius 1 is 1.04 bits per heavy atom. The van der Waals surface area contributed by atoms with Gasteiger partial charge in [0.2, 0.25) is 0 Å². The number of halogens is 3. The molecule has 2 bridgehead atoms. The van der Waals surface area contributed by atoms with Crippen molar-refractivity contribution in [2.75, 3.05) is 51.6 Å². The van der Waals surface area contributed by atoms with Gasteiger partial charge in [0.15, 0.2) is 12.6 Å². The number of hydrogen-bond acceptors (Lipinski definition) is 9. The van der Waals surface area contributed by atoms with Crippen LogP contribution in [0.2, 0.25) is 0 Å². The molecule has 5 heterocycles. The largest absolute Gasteiger partial charge is 0.468 e. The number of amides is 1. The van der Waals surface area contributed by atoms with Crippen molar-refractivity contribution in [1.29, 1.82) is 0 Å². The number of anilines is 1. The van der Waals surface area contributed by atoms with E-state index in [0.29, 0.717) is 59.3 Å². The molecule has 4 atom stereocenters. The number of ether oxygens (including phenoxy) is 4. The van der Waals surface area contributed by atoms with Crippen LogP contribution in [-0.2, 0) is 9.47 Å². The van der Waals surface area contributed by atoms with E-state index in [1.807, 2.05) is 25.7 Å². The predicted molar refractivity (Wildman–Crippen MR) is 198 cm³/mol. The van der Waals surface area contributed by atoms with Gasteiger partial charge < -0.3 is 23.8 Å². The number of aromatic nitrogens is 2. The lowest BCUT2D eigenvalue weighted by Crippen LogP contribution is -2.57. The van der Waals surface area contributed by atoms with Gasteiger partial charge in [-0.3, -0.25) is 9.80 Å². The van der Waals surface area contributed by atoms with Crippen LogP contribution in [0.15, 0.2) is 36.4 Å². The van der Waals surface area contributed by atoms with E-state index < -0.39 is 28.9 Å². The molecule has 4 aromatic rings. The molecule has 0 N–H and O–H groups in total. The van der Waals surface area contributed by atoms with Gasteiger partial charge in [-0.2, -0.15) is 9.97 Å². The number of alkyl halides is 1. The quantitative estimate of drug-likeness (QED) is 0.137. The van der Waals surface area contributed by atoms with E-state index in [4.69, 9.17) is 30.4 Å². The lowest BCUT2D eigenvalue weighted by molar-refractivity contribution is 0.0122. The van der Waals surface area contributed by atoms with Crippen molar-refractivity contribution in [2.24, 2.45) is 0 Å². The van der Waals surface area contributed by atoms with Crippen LogP contribution in [0.1, 0.15) is 58.4 Å². The maximum absolute atomic E-state index is 17.3. The number of carbonyl (C=O) groups excluding carboxylic acids is 1. The number of benzene rings is 3. The third-order valence-corrected chi connectivity index (χ3v) is 11.2. The number of carbonyl (C=O) groups is 1. The van der Waals surface area contributed by atoms with E-state index in [1.54, 1.807) is 30.3 Å². The zero-order chi connectivity index (χ0) is 37.9. The molecule has 0 aliphatic carbocycles. The Balaban J connectivity index is 1.24. The first-order valence-electron chi connectivity index (χ1n) is 18.5. The van der Waals surface area contributed by atoms with Crippen molar-refractivity contribution in [2.45, 2.75) is 82.3 Å². The topological polar surface area (TPSA) is 89.5 Å². The molecule has 0 spiro atoms. The molecule has 4 aliphatic rings. The summed E-state index contributed by atoms with van der Waals surface area (Å²) in [7, 11) is 1.49. The molecule has 3 aromatic carbocycles. The van der Waals surface area contributed by atoms with Crippen LogP contribution in [-0.4, -0.2) is 102 Å². The summed E-state index contributed by atoms with van der Waals surface area (Å²) in [6, 6.07) is 9.22. The normalized spacial score (nSPS) is 23.9. The van der Waals surface area contributed by atoms with E-state index in [0.717, 1.165) is 32.2 Å². The zero-order valence-corrected chi connectivity index (χ0v) is 31.0. The monoisotopic (exact) mass is 743 g/mol. The molecule has 1 amide bonds. The highest BCUT2D eigenvalue weighted by Crippen LogP contribution is 2.43. The van der Waals surface area contributed by atoms with Crippen molar-refractivity contribution in [3.8, 4) is 35.2 Å². The Hall–Kier alpha value is -4.80. The van der Waals surface area contributed by atoms with Crippen LogP contribution in [0.4, 0.5) is 23.8 Å². The first-order valence-corrected chi connectivity index (χ1v) is 18.5. The van der Waals surface area contributed by atoms with Crippen molar-refractivity contribution in [3.05, 3.63) is 53.6 Å². The van der Waals surface area contributed by atoms with Gasteiger partial charge in [-0.15, -0.1) is 6.42 Å². The first-order chi connectivity index (χ1) is 25.9. The van der Waals surface area contributed by atoms with E-state index in [9.17, 15) is 9.18 Å². The predicted octanol–water partition coefficient (Wildman–Crippen LogP) is 7.24. The molecule has 54 heavy (non-hydrogen) atoms. The van der Waals surface area contributed by atoms with Crippen LogP contribution in [0.3, 0.4) is 0 Å². The van der Waals surface area contributed by atoms with E-state index >= 15 is 8.78 Å². The van der Waals surface area contributed by atoms with Crippen molar-refractivity contribution >= 4 is 33.6 Å². The fourth-order valence-electron chi connectivity index (χ4n) is 8.95. The molecule has 4 fully saturated rings. The Morgan fingerprint density at radius 3 is 2.54 bits per heavy atom. The minimum absolute atomic E-state index is 0.00000977. The minimum Gasteiger partial charge on any atom is -0.468 e. The number of piperazine rings is 1. The van der Waals surface area contributed by atoms with Crippen LogP contribution >= 0.6 is 0 Å². The number of nitrogens with zero attached hydrogens (tertiary/aromatic N) is 5. The van der Waals surface area contributed by atoms with Crippen LogP contribution in [0.25, 0.3) is 32.8 Å². The van der Waals surface area contributed by atoms with Crippen LogP contribution < -0.4 is 14.4 Å². The first kappa shape index (κ1) is 36.2. The molecule has 13 heteroatoms. The average molecular weight is 744 g/mol. The van der Waals surface area contributed by atoms with Gasteiger partial charge >= 0.3 is 12.1 Å². The summed E-state index contributed by atoms with van der Waals surface area (Å²) in [6.45, 7) is 7.68. The summed E-state index contributed by atoms with van der Waals surface area (Å²) in [5.74, 6) is 2.00. The fraction of sp³-hybridized carbons (Fsp3) is 0.488. The molecule has 0 saturated carbocycles. The number of rotatable bonds is 8.